The summed E-state index contributed by atoms with van der Waals surface area (Å²) in [5.74, 6) is -0.0729. The van der Waals surface area contributed by atoms with Gasteiger partial charge in [0, 0.05) is 26.0 Å². The third-order valence-electron chi connectivity index (χ3n) is 4.30. The van der Waals surface area contributed by atoms with Crippen molar-refractivity contribution in [1.82, 2.24) is 15.6 Å². The number of rotatable bonds is 8. The molecule has 2 N–H and O–H groups in total. The first-order chi connectivity index (χ1) is 15.1. The van der Waals surface area contributed by atoms with E-state index in [0.717, 1.165) is 5.56 Å². The maximum absolute atomic E-state index is 12.5. The molecule has 1 aromatic heterocycles. The Morgan fingerprint density at radius 3 is 2.68 bits per heavy atom. The van der Waals surface area contributed by atoms with Gasteiger partial charge in [0.25, 0.3) is 11.8 Å². The number of hydrogen-bond donors (Lipinski definition) is 2. The van der Waals surface area contributed by atoms with Gasteiger partial charge in [0.2, 0.25) is 0 Å². The van der Waals surface area contributed by atoms with Crippen LogP contribution in [0, 0.1) is 0 Å². The highest BCUT2D eigenvalue weighted by atomic mass is 35.5. The Hall–Kier alpha value is -3.71. The van der Waals surface area contributed by atoms with Gasteiger partial charge >= 0.3 is 0 Å². The average Bonchev–Trinajstić information content (AvgIpc) is 2.81. The highest BCUT2D eigenvalue weighted by molar-refractivity contribution is 6.33. The van der Waals surface area contributed by atoms with E-state index in [-0.39, 0.29) is 18.4 Å². The molecule has 0 spiro atoms. The molecule has 0 aliphatic rings. The molecular weight excluding hydrogens is 416 g/mol. The molecule has 0 fully saturated rings. The Morgan fingerprint density at radius 2 is 1.90 bits per heavy atom. The molecule has 3 rings (SSSR count). The molecule has 0 aliphatic carbocycles. The van der Waals surface area contributed by atoms with Crippen LogP contribution < -0.4 is 15.4 Å². The predicted molar refractivity (Wildman–Crippen MR) is 120 cm³/mol. The van der Waals surface area contributed by atoms with Crippen LogP contribution in [0.5, 0.6) is 5.75 Å². The van der Waals surface area contributed by atoms with E-state index < -0.39 is 0 Å². The zero-order valence-electron chi connectivity index (χ0n) is 16.8. The van der Waals surface area contributed by atoms with E-state index in [1.54, 1.807) is 31.3 Å². The minimum Gasteiger partial charge on any atom is -0.488 e. The highest BCUT2D eigenvalue weighted by Crippen LogP contribution is 2.22. The van der Waals surface area contributed by atoms with Gasteiger partial charge in [-0.05, 0) is 29.8 Å². The second-order valence-corrected chi connectivity index (χ2v) is 6.81. The lowest BCUT2D eigenvalue weighted by atomic mass is 10.2. The number of aromatic nitrogens is 1. The maximum atomic E-state index is 12.5. The molecule has 0 radical (unpaired) electrons. The van der Waals surface area contributed by atoms with Crippen LogP contribution in [0.25, 0.3) is 0 Å². The predicted octanol–water partition coefficient (Wildman–Crippen LogP) is 3.81. The number of nitrogens with one attached hydrogen (secondary N) is 2. The van der Waals surface area contributed by atoms with Crippen LogP contribution in [0.4, 0.5) is 5.69 Å². The van der Waals surface area contributed by atoms with Crippen molar-refractivity contribution in [3.8, 4) is 5.75 Å². The second-order valence-electron chi connectivity index (χ2n) is 6.40. The SMILES string of the molecule is CNC(=O)c1ccncc1/N=C/COc1ccc(Cl)c(C(=O)NCc2ccccc2)c1. The summed E-state index contributed by atoms with van der Waals surface area (Å²) >= 11 is 6.19. The molecule has 2 amide bonds. The monoisotopic (exact) mass is 436 g/mol. The van der Waals surface area contributed by atoms with Gasteiger partial charge in [-0.3, -0.25) is 19.6 Å². The molecule has 0 atom stereocenters. The molecule has 158 valence electrons. The van der Waals surface area contributed by atoms with Crippen molar-refractivity contribution in [2.24, 2.45) is 4.99 Å². The normalized spacial score (nSPS) is 10.6. The topological polar surface area (TPSA) is 92.7 Å². The molecule has 0 saturated heterocycles. The fourth-order valence-corrected chi connectivity index (χ4v) is 2.93. The molecule has 0 saturated carbocycles. The lowest BCUT2D eigenvalue weighted by molar-refractivity contribution is 0.0947. The van der Waals surface area contributed by atoms with Crippen LogP contribution >= 0.6 is 11.6 Å². The highest BCUT2D eigenvalue weighted by Gasteiger charge is 2.12. The number of carbonyl (C=O) groups is 2. The Bertz CT molecular complexity index is 1090. The third-order valence-corrected chi connectivity index (χ3v) is 4.63. The molecule has 0 unspecified atom stereocenters. The fourth-order valence-electron chi connectivity index (χ4n) is 2.73. The number of nitrogens with zero attached hydrogens (tertiary/aromatic N) is 2. The summed E-state index contributed by atoms with van der Waals surface area (Å²) in [6, 6.07) is 16.0. The van der Waals surface area contributed by atoms with Gasteiger partial charge < -0.3 is 15.4 Å². The Morgan fingerprint density at radius 1 is 1.10 bits per heavy atom. The molecule has 0 aliphatic heterocycles. The van der Waals surface area contributed by atoms with Gasteiger partial charge in [-0.15, -0.1) is 0 Å². The Kier molecular flexibility index (Phi) is 7.73. The Balaban J connectivity index is 1.61. The molecule has 31 heavy (non-hydrogen) atoms. The van der Waals surface area contributed by atoms with Crippen LogP contribution in [-0.2, 0) is 6.54 Å². The first-order valence-electron chi connectivity index (χ1n) is 9.51. The van der Waals surface area contributed by atoms with Crippen molar-refractivity contribution in [3.63, 3.8) is 0 Å². The number of aliphatic imine (C=N–C) groups is 1. The van der Waals surface area contributed by atoms with E-state index in [1.165, 1.54) is 18.6 Å². The molecule has 2 aromatic carbocycles. The molecular formula is C23H21ClN4O3. The van der Waals surface area contributed by atoms with Gasteiger partial charge in [-0.1, -0.05) is 41.9 Å². The smallest absolute Gasteiger partial charge is 0.253 e. The number of pyridine rings is 1. The number of amides is 2. The average molecular weight is 437 g/mol. The van der Waals surface area contributed by atoms with Crippen molar-refractivity contribution in [2.45, 2.75) is 6.54 Å². The van der Waals surface area contributed by atoms with E-state index in [2.05, 4.69) is 20.6 Å². The lowest BCUT2D eigenvalue weighted by Crippen LogP contribution is -2.23. The first kappa shape index (κ1) is 22.0. The van der Waals surface area contributed by atoms with Gasteiger partial charge in [0.1, 0.15) is 12.4 Å². The summed E-state index contributed by atoms with van der Waals surface area (Å²) < 4.78 is 5.65. The van der Waals surface area contributed by atoms with E-state index in [9.17, 15) is 9.59 Å². The molecule has 8 heteroatoms. The Labute approximate surface area is 185 Å². The quantitative estimate of drug-likeness (QED) is 0.525. The van der Waals surface area contributed by atoms with Crippen molar-refractivity contribution in [3.05, 3.63) is 88.7 Å². The van der Waals surface area contributed by atoms with Crippen molar-refractivity contribution < 1.29 is 14.3 Å². The minimum absolute atomic E-state index is 0.134. The summed E-state index contributed by atoms with van der Waals surface area (Å²) in [6.07, 6.45) is 4.55. The standard InChI is InChI=1S/C23H21ClN4O3/c1-25-22(29)18-9-10-26-15-21(18)27-11-12-31-17-7-8-20(24)19(13-17)23(30)28-14-16-5-3-2-4-6-16/h2-11,13,15H,12,14H2,1H3,(H,25,29)(H,28,30)/b27-11+. The molecule has 7 nitrogen and oxygen atoms in total. The number of benzene rings is 2. The van der Waals surface area contributed by atoms with E-state index >= 15 is 0 Å². The van der Waals surface area contributed by atoms with E-state index in [4.69, 9.17) is 16.3 Å². The summed E-state index contributed by atoms with van der Waals surface area (Å²) in [7, 11) is 1.55. The van der Waals surface area contributed by atoms with Crippen molar-refractivity contribution in [2.75, 3.05) is 13.7 Å². The molecule has 3 aromatic rings. The van der Waals surface area contributed by atoms with Crippen molar-refractivity contribution >= 4 is 35.3 Å². The first-order valence-corrected chi connectivity index (χ1v) is 9.89. The lowest BCUT2D eigenvalue weighted by Gasteiger charge is -2.09. The number of carbonyl (C=O) groups excluding carboxylic acids is 2. The fraction of sp³-hybridized carbons (Fsp3) is 0.130. The molecule has 1 heterocycles. The van der Waals surface area contributed by atoms with Gasteiger partial charge in [-0.25, -0.2) is 0 Å². The van der Waals surface area contributed by atoms with Gasteiger partial charge in [-0.2, -0.15) is 0 Å². The van der Waals surface area contributed by atoms with Crippen LogP contribution in [0.3, 0.4) is 0 Å². The van der Waals surface area contributed by atoms with E-state index in [1.807, 2.05) is 30.3 Å². The van der Waals surface area contributed by atoms with Gasteiger partial charge in [0.05, 0.1) is 28.0 Å². The van der Waals surface area contributed by atoms with Crippen LogP contribution in [-0.4, -0.2) is 36.7 Å². The largest absolute Gasteiger partial charge is 0.488 e. The summed E-state index contributed by atoms with van der Waals surface area (Å²) in [6.45, 7) is 0.529. The van der Waals surface area contributed by atoms with Crippen LogP contribution in [0.1, 0.15) is 26.3 Å². The maximum Gasteiger partial charge on any atom is 0.253 e. The second kappa shape index (κ2) is 10.9. The number of hydrogen-bond acceptors (Lipinski definition) is 5. The van der Waals surface area contributed by atoms with Gasteiger partial charge in [0.15, 0.2) is 0 Å². The third kappa shape index (κ3) is 6.13. The molecule has 0 bridgehead atoms. The summed E-state index contributed by atoms with van der Waals surface area (Å²) in [5.41, 5.74) is 2.16. The van der Waals surface area contributed by atoms with Crippen LogP contribution in [0.2, 0.25) is 5.02 Å². The summed E-state index contributed by atoms with van der Waals surface area (Å²) in [4.78, 5) is 32.6. The summed E-state index contributed by atoms with van der Waals surface area (Å²) in [5, 5.41) is 5.73. The van der Waals surface area contributed by atoms with E-state index in [0.29, 0.717) is 34.1 Å². The zero-order chi connectivity index (χ0) is 22.1. The number of ether oxygens (including phenoxy) is 1. The van der Waals surface area contributed by atoms with Crippen molar-refractivity contribution in [1.29, 1.82) is 0 Å². The van der Waals surface area contributed by atoms with Crippen LogP contribution in [0.15, 0.2) is 72.0 Å². The zero-order valence-corrected chi connectivity index (χ0v) is 17.6. The minimum atomic E-state index is -0.293. The number of halogens is 1.